The lowest BCUT2D eigenvalue weighted by atomic mass is 10.1. The van der Waals surface area contributed by atoms with Gasteiger partial charge in [0.25, 0.3) is 0 Å². The van der Waals surface area contributed by atoms with Gasteiger partial charge in [0.2, 0.25) is 5.78 Å². The second-order valence-corrected chi connectivity index (χ2v) is 6.92. The molecule has 0 atom stereocenters. The summed E-state index contributed by atoms with van der Waals surface area (Å²) in [4.78, 5) is 12.6. The quantitative estimate of drug-likeness (QED) is 0.510. The van der Waals surface area contributed by atoms with E-state index in [1.165, 1.54) is 18.2 Å². The summed E-state index contributed by atoms with van der Waals surface area (Å²) in [5.41, 5.74) is 2.70. The van der Waals surface area contributed by atoms with Crippen LogP contribution in [0.3, 0.4) is 0 Å². The highest BCUT2D eigenvalue weighted by Gasteiger charge is 2.30. The molecule has 0 aliphatic carbocycles. The number of allylic oxidation sites excluding steroid dienone is 1. The van der Waals surface area contributed by atoms with Crippen molar-refractivity contribution in [2.75, 3.05) is 0 Å². The average molecular weight is 395 g/mol. The van der Waals surface area contributed by atoms with Crippen LogP contribution in [0.4, 0.5) is 4.39 Å². The van der Waals surface area contributed by atoms with E-state index >= 15 is 0 Å². The topological polar surface area (TPSA) is 35.5 Å². The van der Waals surface area contributed by atoms with Gasteiger partial charge in [-0.1, -0.05) is 35.9 Å². The molecule has 1 aliphatic heterocycles. The monoisotopic (exact) mass is 394 g/mol. The zero-order valence-electron chi connectivity index (χ0n) is 15.0. The standard InChI is InChI=1S/C23H16ClFO3/c1-14-20(27-13-16-5-2-6-17(24)10-16)9-8-19-22(26)21(28-23(14)19)12-15-4-3-7-18(25)11-15/h2-12H,13H2,1H3/b21-12-. The molecule has 1 aliphatic rings. The first kappa shape index (κ1) is 18.3. The van der Waals surface area contributed by atoms with Crippen molar-refractivity contribution in [1.82, 2.24) is 0 Å². The molecule has 0 unspecified atom stereocenters. The van der Waals surface area contributed by atoms with Gasteiger partial charge in [0.05, 0.1) is 5.56 Å². The lowest BCUT2D eigenvalue weighted by Gasteiger charge is -2.11. The van der Waals surface area contributed by atoms with Crippen LogP contribution in [-0.2, 0) is 6.61 Å². The summed E-state index contributed by atoms with van der Waals surface area (Å²) in [6.45, 7) is 2.19. The molecule has 3 aromatic carbocycles. The first-order valence-corrected chi connectivity index (χ1v) is 9.10. The van der Waals surface area contributed by atoms with Gasteiger partial charge < -0.3 is 9.47 Å². The molecule has 5 heteroatoms. The molecule has 3 aromatic rings. The Hall–Kier alpha value is -3.11. The zero-order valence-corrected chi connectivity index (χ0v) is 15.8. The number of rotatable bonds is 4. The number of halogens is 2. The maximum atomic E-state index is 13.4. The second-order valence-electron chi connectivity index (χ2n) is 6.48. The van der Waals surface area contributed by atoms with Crippen molar-refractivity contribution >= 4 is 23.5 Å². The van der Waals surface area contributed by atoms with E-state index in [0.29, 0.717) is 34.3 Å². The molecule has 28 heavy (non-hydrogen) atoms. The van der Waals surface area contributed by atoms with E-state index in [4.69, 9.17) is 21.1 Å². The molecule has 0 bridgehead atoms. The smallest absolute Gasteiger partial charge is 0.231 e. The second kappa shape index (κ2) is 7.49. The van der Waals surface area contributed by atoms with Crippen molar-refractivity contribution < 1.29 is 18.7 Å². The van der Waals surface area contributed by atoms with Crippen molar-refractivity contribution in [3.63, 3.8) is 0 Å². The highest BCUT2D eigenvalue weighted by Crippen LogP contribution is 2.39. The number of hydrogen-bond acceptors (Lipinski definition) is 3. The van der Waals surface area contributed by atoms with Crippen LogP contribution < -0.4 is 9.47 Å². The van der Waals surface area contributed by atoms with E-state index in [0.717, 1.165) is 11.1 Å². The van der Waals surface area contributed by atoms with Crippen molar-refractivity contribution in [2.45, 2.75) is 13.5 Å². The van der Waals surface area contributed by atoms with E-state index in [1.807, 2.05) is 25.1 Å². The minimum Gasteiger partial charge on any atom is -0.488 e. The van der Waals surface area contributed by atoms with E-state index < -0.39 is 0 Å². The fraction of sp³-hybridized carbons (Fsp3) is 0.0870. The Bertz CT molecular complexity index is 1100. The summed E-state index contributed by atoms with van der Waals surface area (Å²) in [6.07, 6.45) is 1.54. The van der Waals surface area contributed by atoms with Crippen molar-refractivity contribution in [1.29, 1.82) is 0 Å². The van der Waals surface area contributed by atoms with E-state index in [-0.39, 0.29) is 17.4 Å². The maximum Gasteiger partial charge on any atom is 0.231 e. The average Bonchev–Trinajstić information content (AvgIpc) is 2.98. The minimum absolute atomic E-state index is 0.163. The fourth-order valence-electron chi connectivity index (χ4n) is 3.06. The Kier molecular flexibility index (Phi) is 4.88. The fourth-order valence-corrected chi connectivity index (χ4v) is 3.27. The number of fused-ring (bicyclic) bond motifs is 1. The molecule has 140 valence electrons. The molecule has 0 N–H and O–H groups in total. The number of carbonyl (C=O) groups is 1. The molecule has 3 nitrogen and oxygen atoms in total. The van der Waals surface area contributed by atoms with Gasteiger partial charge in [0, 0.05) is 10.6 Å². The van der Waals surface area contributed by atoms with Gasteiger partial charge in [0.1, 0.15) is 23.9 Å². The van der Waals surface area contributed by atoms with Crippen LogP contribution in [0.15, 0.2) is 66.4 Å². The lowest BCUT2D eigenvalue weighted by Crippen LogP contribution is -1.98. The third kappa shape index (κ3) is 3.64. The number of ether oxygens (including phenoxy) is 2. The van der Waals surface area contributed by atoms with Crippen LogP contribution in [0.2, 0.25) is 5.02 Å². The van der Waals surface area contributed by atoms with Crippen molar-refractivity contribution in [2.24, 2.45) is 0 Å². The maximum absolute atomic E-state index is 13.4. The molecular weight excluding hydrogens is 379 g/mol. The number of hydrogen-bond donors (Lipinski definition) is 0. The number of carbonyl (C=O) groups excluding carboxylic acids is 1. The zero-order chi connectivity index (χ0) is 19.7. The Balaban J connectivity index is 1.58. The number of Topliss-reactive ketones (excluding diaryl/α,β-unsaturated/α-hetero) is 1. The molecule has 4 rings (SSSR count). The molecule has 1 heterocycles. The molecule has 0 saturated carbocycles. The predicted molar refractivity (Wildman–Crippen MR) is 106 cm³/mol. The van der Waals surface area contributed by atoms with Crippen LogP contribution in [0.25, 0.3) is 6.08 Å². The summed E-state index contributed by atoms with van der Waals surface area (Å²) in [5.74, 6) is 0.652. The Morgan fingerprint density at radius 2 is 1.93 bits per heavy atom. The van der Waals surface area contributed by atoms with Gasteiger partial charge in [-0.25, -0.2) is 4.39 Å². The number of benzene rings is 3. The molecule has 0 aromatic heterocycles. The molecule has 0 saturated heterocycles. The summed E-state index contributed by atoms with van der Waals surface area (Å²) >= 11 is 6.00. The molecule has 0 spiro atoms. The summed E-state index contributed by atoms with van der Waals surface area (Å²) in [6, 6.07) is 16.9. The van der Waals surface area contributed by atoms with E-state index in [9.17, 15) is 9.18 Å². The van der Waals surface area contributed by atoms with Crippen LogP contribution in [-0.4, -0.2) is 5.78 Å². The highest BCUT2D eigenvalue weighted by molar-refractivity contribution is 6.30. The van der Waals surface area contributed by atoms with E-state index in [1.54, 1.807) is 30.3 Å². The molecular formula is C23H16ClFO3. The first-order chi connectivity index (χ1) is 13.5. The van der Waals surface area contributed by atoms with E-state index in [2.05, 4.69) is 0 Å². The Labute approximate surface area is 167 Å². The van der Waals surface area contributed by atoms with Crippen molar-refractivity contribution in [3.05, 3.63) is 99.5 Å². The predicted octanol–water partition coefficient (Wildman–Crippen LogP) is 5.98. The SMILES string of the molecule is Cc1c(OCc2cccc(Cl)c2)ccc2c1O/C(=C\c1cccc(F)c1)C2=O. The third-order valence-electron chi connectivity index (χ3n) is 4.47. The normalized spacial score (nSPS) is 14.1. The Morgan fingerprint density at radius 3 is 2.71 bits per heavy atom. The molecule has 0 amide bonds. The third-order valence-corrected chi connectivity index (χ3v) is 4.70. The van der Waals surface area contributed by atoms with Crippen LogP contribution in [0, 0.1) is 12.7 Å². The summed E-state index contributed by atoms with van der Waals surface area (Å²) < 4.78 is 25.1. The van der Waals surface area contributed by atoms with Gasteiger partial charge >= 0.3 is 0 Å². The summed E-state index contributed by atoms with van der Waals surface area (Å²) in [7, 11) is 0. The Morgan fingerprint density at radius 1 is 1.11 bits per heavy atom. The van der Waals surface area contributed by atoms with Crippen molar-refractivity contribution in [3.8, 4) is 11.5 Å². The lowest BCUT2D eigenvalue weighted by molar-refractivity contribution is 0.101. The van der Waals surface area contributed by atoms with Gasteiger partial charge in [0.15, 0.2) is 5.76 Å². The van der Waals surface area contributed by atoms with Crippen LogP contribution in [0.5, 0.6) is 11.5 Å². The largest absolute Gasteiger partial charge is 0.488 e. The first-order valence-electron chi connectivity index (χ1n) is 8.72. The molecule has 0 radical (unpaired) electrons. The molecule has 0 fully saturated rings. The van der Waals surface area contributed by atoms with Crippen LogP contribution >= 0.6 is 11.6 Å². The summed E-state index contributed by atoms with van der Waals surface area (Å²) in [5, 5.41) is 0.646. The van der Waals surface area contributed by atoms with Gasteiger partial charge in [-0.3, -0.25) is 4.79 Å². The van der Waals surface area contributed by atoms with Crippen LogP contribution in [0.1, 0.15) is 27.0 Å². The highest BCUT2D eigenvalue weighted by atomic mass is 35.5. The van der Waals surface area contributed by atoms with Gasteiger partial charge in [-0.2, -0.15) is 0 Å². The minimum atomic E-state index is -0.370. The number of ketones is 1. The van der Waals surface area contributed by atoms with Gasteiger partial charge in [-0.15, -0.1) is 0 Å². The van der Waals surface area contributed by atoms with Gasteiger partial charge in [-0.05, 0) is 60.5 Å².